The molecule has 6 nitrogen and oxygen atoms in total. The summed E-state index contributed by atoms with van der Waals surface area (Å²) in [6.45, 7) is 6.03. The van der Waals surface area contributed by atoms with Crippen LogP contribution in [0.3, 0.4) is 0 Å². The van der Waals surface area contributed by atoms with Crippen molar-refractivity contribution in [3.8, 4) is 0 Å². The van der Waals surface area contributed by atoms with Crippen molar-refractivity contribution in [2.75, 3.05) is 24.5 Å². The maximum Gasteiger partial charge on any atom is 0.227 e. The van der Waals surface area contributed by atoms with Crippen molar-refractivity contribution >= 4 is 41.5 Å². The van der Waals surface area contributed by atoms with E-state index in [4.69, 9.17) is 0 Å². The normalized spacial score (nSPS) is 14.2. The van der Waals surface area contributed by atoms with Crippen LogP contribution in [0, 0.1) is 0 Å². The van der Waals surface area contributed by atoms with Gasteiger partial charge in [-0.3, -0.25) is 4.79 Å². The SMILES string of the molecule is CCNC(=NCc1ccc(N2CCCC2=O)cc1)NCCn1cccc1.I. The van der Waals surface area contributed by atoms with E-state index >= 15 is 0 Å². The number of aromatic nitrogens is 1. The third kappa shape index (κ3) is 6.27. The predicted molar refractivity (Wildman–Crippen MR) is 121 cm³/mol. The molecule has 0 spiro atoms. The summed E-state index contributed by atoms with van der Waals surface area (Å²) in [6.07, 6.45) is 5.72. The second-order valence-electron chi connectivity index (χ2n) is 6.36. The van der Waals surface area contributed by atoms with E-state index in [-0.39, 0.29) is 29.9 Å². The maximum atomic E-state index is 11.8. The number of guanidine groups is 1. The Bertz CT molecular complexity index is 727. The molecular formula is C20H28IN5O. The lowest BCUT2D eigenvalue weighted by Crippen LogP contribution is -2.38. The van der Waals surface area contributed by atoms with Gasteiger partial charge in [-0.1, -0.05) is 12.1 Å². The second kappa shape index (κ2) is 11.0. The van der Waals surface area contributed by atoms with Crippen LogP contribution < -0.4 is 15.5 Å². The van der Waals surface area contributed by atoms with Crippen LogP contribution in [-0.2, 0) is 17.9 Å². The van der Waals surface area contributed by atoms with E-state index in [1.54, 1.807) is 0 Å². The highest BCUT2D eigenvalue weighted by Crippen LogP contribution is 2.21. The zero-order valence-corrected chi connectivity index (χ0v) is 18.1. The Morgan fingerprint density at radius 2 is 1.89 bits per heavy atom. The first-order valence-corrected chi connectivity index (χ1v) is 9.28. The second-order valence-corrected chi connectivity index (χ2v) is 6.36. The van der Waals surface area contributed by atoms with Crippen LogP contribution in [0.25, 0.3) is 0 Å². The van der Waals surface area contributed by atoms with E-state index in [0.717, 1.165) is 49.8 Å². The summed E-state index contributed by atoms with van der Waals surface area (Å²) in [4.78, 5) is 18.3. The van der Waals surface area contributed by atoms with E-state index in [2.05, 4.69) is 39.5 Å². The number of halogens is 1. The molecule has 2 aromatic rings. The molecule has 1 aliphatic rings. The average Bonchev–Trinajstić information content (AvgIpc) is 3.32. The van der Waals surface area contributed by atoms with Crippen LogP contribution in [0.2, 0.25) is 0 Å². The summed E-state index contributed by atoms with van der Waals surface area (Å²) in [6, 6.07) is 12.2. The van der Waals surface area contributed by atoms with E-state index in [1.807, 2.05) is 41.3 Å². The van der Waals surface area contributed by atoms with E-state index in [0.29, 0.717) is 13.0 Å². The number of anilines is 1. The van der Waals surface area contributed by atoms with Crippen LogP contribution in [0.1, 0.15) is 25.3 Å². The number of benzene rings is 1. The fourth-order valence-corrected chi connectivity index (χ4v) is 3.04. The molecule has 1 saturated heterocycles. The molecule has 0 bridgehead atoms. The van der Waals surface area contributed by atoms with Crippen molar-refractivity contribution in [3.05, 3.63) is 54.4 Å². The first-order valence-electron chi connectivity index (χ1n) is 9.28. The minimum atomic E-state index is 0. The van der Waals surface area contributed by atoms with E-state index in [9.17, 15) is 4.79 Å². The molecule has 146 valence electrons. The van der Waals surface area contributed by atoms with Gasteiger partial charge >= 0.3 is 0 Å². The number of nitrogens with one attached hydrogen (secondary N) is 2. The smallest absolute Gasteiger partial charge is 0.227 e. The fourth-order valence-electron chi connectivity index (χ4n) is 3.04. The molecule has 0 atom stereocenters. The van der Waals surface area contributed by atoms with Crippen LogP contribution in [0.5, 0.6) is 0 Å². The van der Waals surface area contributed by atoms with Crippen LogP contribution in [0.15, 0.2) is 53.8 Å². The number of aliphatic imine (C=N–C) groups is 1. The molecular weight excluding hydrogens is 453 g/mol. The number of nitrogens with zero attached hydrogens (tertiary/aromatic N) is 3. The van der Waals surface area contributed by atoms with Crippen molar-refractivity contribution in [3.63, 3.8) is 0 Å². The number of amides is 1. The number of rotatable bonds is 7. The van der Waals surface area contributed by atoms with Gasteiger partial charge in [-0.05, 0) is 43.2 Å². The summed E-state index contributed by atoms with van der Waals surface area (Å²) >= 11 is 0. The van der Waals surface area contributed by atoms with Crippen molar-refractivity contribution in [2.24, 2.45) is 4.99 Å². The van der Waals surface area contributed by atoms with Crippen molar-refractivity contribution in [2.45, 2.75) is 32.9 Å². The average molecular weight is 481 g/mol. The maximum absolute atomic E-state index is 11.8. The summed E-state index contributed by atoms with van der Waals surface area (Å²) in [5.74, 6) is 1.04. The third-order valence-electron chi connectivity index (χ3n) is 4.41. The zero-order chi connectivity index (χ0) is 18.2. The Morgan fingerprint density at radius 3 is 2.52 bits per heavy atom. The topological polar surface area (TPSA) is 61.7 Å². The van der Waals surface area contributed by atoms with Gasteiger partial charge in [-0.25, -0.2) is 4.99 Å². The Balaban J connectivity index is 0.00000261. The van der Waals surface area contributed by atoms with Gasteiger partial charge in [0.1, 0.15) is 0 Å². The highest BCUT2D eigenvalue weighted by molar-refractivity contribution is 14.0. The molecule has 0 saturated carbocycles. The van der Waals surface area contributed by atoms with Gasteiger partial charge in [0.15, 0.2) is 5.96 Å². The third-order valence-corrected chi connectivity index (χ3v) is 4.41. The van der Waals surface area contributed by atoms with Gasteiger partial charge in [0, 0.05) is 50.7 Å². The van der Waals surface area contributed by atoms with Crippen LogP contribution in [0.4, 0.5) is 5.69 Å². The Hall–Kier alpha value is -2.03. The van der Waals surface area contributed by atoms with Crippen molar-refractivity contribution < 1.29 is 4.79 Å². The lowest BCUT2D eigenvalue weighted by molar-refractivity contribution is -0.117. The molecule has 2 heterocycles. The van der Waals surface area contributed by atoms with Gasteiger partial charge in [0.05, 0.1) is 6.54 Å². The Labute approximate surface area is 178 Å². The molecule has 7 heteroatoms. The highest BCUT2D eigenvalue weighted by atomic mass is 127. The molecule has 27 heavy (non-hydrogen) atoms. The number of carbonyl (C=O) groups is 1. The first-order chi connectivity index (χ1) is 12.8. The quantitative estimate of drug-likeness (QED) is 0.363. The molecule has 1 fully saturated rings. The van der Waals surface area contributed by atoms with Gasteiger partial charge < -0.3 is 20.1 Å². The predicted octanol–water partition coefficient (Wildman–Crippen LogP) is 2.99. The van der Waals surface area contributed by atoms with Gasteiger partial charge in [0.2, 0.25) is 5.91 Å². The Kier molecular flexibility index (Phi) is 8.63. The van der Waals surface area contributed by atoms with Crippen molar-refractivity contribution in [1.82, 2.24) is 15.2 Å². The molecule has 2 N–H and O–H groups in total. The Morgan fingerprint density at radius 1 is 1.15 bits per heavy atom. The standard InChI is InChI=1S/C20H27N5O.HI/c1-2-21-20(22-11-15-24-12-3-4-13-24)23-16-17-7-9-18(10-8-17)25-14-5-6-19(25)26;/h3-4,7-10,12-13H,2,5-6,11,14-16H2,1H3,(H2,21,22,23);1H. The molecule has 0 aliphatic carbocycles. The van der Waals surface area contributed by atoms with Gasteiger partial charge in [-0.15, -0.1) is 24.0 Å². The minimum Gasteiger partial charge on any atom is -0.357 e. The molecule has 1 aromatic carbocycles. The number of hydrogen-bond donors (Lipinski definition) is 2. The highest BCUT2D eigenvalue weighted by Gasteiger charge is 2.21. The molecule has 0 radical (unpaired) electrons. The molecule has 0 unspecified atom stereocenters. The lowest BCUT2D eigenvalue weighted by atomic mass is 10.2. The number of carbonyl (C=O) groups excluding carboxylic acids is 1. The summed E-state index contributed by atoms with van der Waals surface area (Å²) in [7, 11) is 0. The zero-order valence-electron chi connectivity index (χ0n) is 15.7. The largest absolute Gasteiger partial charge is 0.357 e. The van der Waals surface area contributed by atoms with E-state index < -0.39 is 0 Å². The van der Waals surface area contributed by atoms with Crippen LogP contribution in [-0.4, -0.2) is 36.1 Å². The summed E-state index contributed by atoms with van der Waals surface area (Å²) in [5.41, 5.74) is 2.11. The van der Waals surface area contributed by atoms with Gasteiger partial charge in [-0.2, -0.15) is 0 Å². The van der Waals surface area contributed by atoms with Gasteiger partial charge in [0.25, 0.3) is 0 Å². The van der Waals surface area contributed by atoms with E-state index in [1.165, 1.54) is 0 Å². The minimum absolute atomic E-state index is 0. The summed E-state index contributed by atoms with van der Waals surface area (Å²) in [5, 5.41) is 6.63. The monoisotopic (exact) mass is 481 g/mol. The lowest BCUT2D eigenvalue weighted by Gasteiger charge is -2.16. The van der Waals surface area contributed by atoms with Crippen LogP contribution >= 0.6 is 24.0 Å². The first kappa shape index (κ1) is 21.3. The van der Waals surface area contributed by atoms with Crippen molar-refractivity contribution in [1.29, 1.82) is 0 Å². The molecule has 1 amide bonds. The number of hydrogen-bond acceptors (Lipinski definition) is 2. The molecule has 1 aliphatic heterocycles. The molecule has 1 aromatic heterocycles. The fraction of sp³-hybridized carbons (Fsp3) is 0.400. The molecule has 3 rings (SSSR count). The summed E-state index contributed by atoms with van der Waals surface area (Å²) < 4.78 is 2.13.